The molecular weight excluding hydrogens is 246 g/mol. The second kappa shape index (κ2) is 4.37. The number of nitrogens with one attached hydrogen (secondary N) is 1. The Hall–Kier alpha value is -2.29. The van der Waals surface area contributed by atoms with Crippen molar-refractivity contribution in [3.8, 4) is 0 Å². The lowest BCUT2D eigenvalue weighted by Gasteiger charge is -2.22. The molecular formula is C17H17N3. The van der Waals surface area contributed by atoms with E-state index in [1.807, 2.05) is 18.2 Å². The second-order valence-electron chi connectivity index (χ2n) is 5.57. The number of benzene rings is 2. The quantitative estimate of drug-likeness (QED) is 0.661. The molecule has 3 heteroatoms. The fourth-order valence-electron chi connectivity index (χ4n) is 3.20. The number of hydrogen-bond acceptors (Lipinski definition) is 2. The Balaban J connectivity index is 1.72. The fourth-order valence-corrected chi connectivity index (χ4v) is 3.20. The first-order chi connectivity index (χ1) is 9.81. The first-order valence-electron chi connectivity index (χ1n) is 7.12. The van der Waals surface area contributed by atoms with Crippen LogP contribution in [0.15, 0.2) is 42.5 Å². The largest absolute Gasteiger partial charge is 0.397 e. The summed E-state index contributed by atoms with van der Waals surface area (Å²) in [6.07, 6.45) is 3.35. The predicted octanol–water partition coefficient (Wildman–Crippen LogP) is 3.42. The Labute approximate surface area is 117 Å². The average molecular weight is 263 g/mol. The van der Waals surface area contributed by atoms with Gasteiger partial charge in [0.15, 0.2) is 0 Å². The molecule has 0 saturated carbocycles. The van der Waals surface area contributed by atoms with Crippen LogP contribution in [0.1, 0.15) is 29.3 Å². The number of rotatable bonds is 1. The number of aromatic nitrogens is 2. The maximum Gasteiger partial charge on any atom is 0.111 e. The molecule has 0 amide bonds. The molecule has 0 radical (unpaired) electrons. The van der Waals surface area contributed by atoms with Crippen molar-refractivity contribution in [2.24, 2.45) is 0 Å². The molecule has 20 heavy (non-hydrogen) atoms. The van der Waals surface area contributed by atoms with Crippen LogP contribution in [0.3, 0.4) is 0 Å². The van der Waals surface area contributed by atoms with E-state index in [1.54, 1.807) is 0 Å². The third kappa shape index (κ3) is 1.78. The van der Waals surface area contributed by atoms with Crippen LogP contribution in [0.4, 0.5) is 5.69 Å². The smallest absolute Gasteiger partial charge is 0.111 e. The van der Waals surface area contributed by atoms with Crippen LogP contribution < -0.4 is 5.73 Å². The molecule has 1 aromatic heterocycles. The van der Waals surface area contributed by atoms with E-state index in [4.69, 9.17) is 10.7 Å². The van der Waals surface area contributed by atoms with Gasteiger partial charge in [-0.2, -0.15) is 0 Å². The number of nitrogens with two attached hydrogens (primary N) is 1. The van der Waals surface area contributed by atoms with E-state index in [2.05, 4.69) is 29.2 Å². The Morgan fingerprint density at radius 2 is 1.90 bits per heavy atom. The van der Waals surface area contributed by atoms with Crippen molar-refractivity contribution >= 4 is 16.7 Å². The predicted molar refractivity (Wildman–Crippen MR) is 81.7 cm³/mol. The molecule has 1 aliphatic carbocycles. The zero-order valence-corrected chi connectivity index (χ0v) is 11.3. The van der Waals surface area contributed by atoms with Crippen molar-refractivity contribution in [1.82, 2.24) is 9.97 Å². The highest BCUT2D eigenvalue weighted by molar-refractivity contribution is 5.86. The van der Waals surface area contributed by atoms with E-state index in [1.165, 1.54) is 11.1 Å². The van der Waals surface area contributed by atoms with Gasteiger partial charge in [-0.15, -0.1) is 0 Å². The van der Waals surface area contributed by atoms with Gasteiger partial charge in [-0.25, -0.2) is 4.98 Å². The molecule has 0 fully saturated rings. The summed E-state index contributed by atoms with van der Waals surface area (Å²) < 4.78 is 0. The summed E-state index contributed by atoms with van der Waals surface area (Å²) in [5.74, 6) is 1.55. The van der Waals surface area contributed by atoms with E-state index in [0.717, 1.165) is 41.8 Å². The number of fused-ring (bicyclic) bond motifs is 2. The minimum absolute atomic E-state index is 0.469. The monoisotopic (exact) mass is 263 g/mol. The molecule has 1 aliphatic rings. The maximum absolute atomic E-state index is 5.99. The van der Waals surface area contributed by atoms with Gasteiger partial charge >= 0.3 is 0 Å². The van der Waals surface area contributed by atoms with Crippen LogP contribution in [0.2, 0.25) is 0 Å². The van der Waals surface area contributed by atoms with Crippen LogP contribution in [0.25, 0.3) is 11.0 Å². The molecule has 2 aromatic carbocycles. The first-order valence-corrected chi connectivity index (χ1v) is 7.12. The Morgan fingerprint density at radius 1 is 1.05 bits per heavy atom. The van der Waals surface area contributed by atoms with Gasteiger partial charge in [-0.3, -0.25) is 0 Å². The van der Waals surface area contributed by atoms with Crippen molar-refractivity contribution < 1.29 is 0 Å². The van der Waals surface area contributed by atoms with E-state index < -0.39 is 0 Å². The third-order valence-electron chi connectivity index (χ3n) is 4.30. The van der Waals surface area contributed by atoms with E-state index in [0.29, 0.717) is 5.92 Å². The lowest BCUT2D eigenvalue weighted by Crippen LogP contribution is -2.13. The standard InChI is InChI=1S/C17H17N3/c18-14-6-3-7-15-16(14)20-17(19-15)13-9-8-11-4-1-2-5-12(11)10-13/h1-7,13H,8-10,18H2,(H,19,20). The van der Waals surface area contributed by atoms with Crippen molar-refractivity contribution in [3.63, 3.8) is 0 Å². The molecule has 4 rings (SSSR count). The third-order valence-corrected chi connectivity index (χ3v) is 4.30. The first kappa shape index (κ1) is 11.5. The van der Waals surface area contributed by atoms with E-state index in [-0.39, 0.29) is 0 Å². The molecule has 3 N–H and O–H groups in total. The van der Waals surface area contributed by atoms with Crippen LogP contribution in [0, 0.1) is 0 Å². The van der Waals surface area contributed by atoms with Gasteiger partial charge in [0.1, 0.15) is 11.3 Å². The summed E-state index contributed by atoms with van der Waals surface area (Å²) in [7, 11) is 0. The molecule has 3 aromatic rings. The van der Waals surface area contributed by atoms with Crippen LogP contribution in [-0.4, -0.2) is 9.97 Å². The molecule has 0 spiro atoms. The molecule has 1 unspecified atom stereocenters. The summed E-state index contributed by atoms with van der Waals surface area (Å²) in [6.45, 7) is 0. The molecule has 1 atom stereocenters. The van der Waals surface area contributed by atoms with Gasteiger partial charge in [0.25, 0.3) is 0 Å². The SMILES string of the molecule is Nc1cccc2[nH]c(C3CCc4ccccc4C3)nc12. The summed E-state index contributed by atoms with van der Waals surface area (Å²) >= 11 is 0. The minimum atomic E-state index is 0.469. The van der Waals surface area contributed by atoms with Gasteiger partial charge in [-0.1, -0.05) is 30.3 Å². The second-order valence-corrected chi connectivity index (χ2v) is 5.57. The van der Waals surface area contributed by atoms with Gasteiger partial charge in [0.05, 0.1) is 11.2 Å². The zero-order chi connectivity index (χ0) is 13.5. The van der Waals surface area contributed by atoms with E-state index in [9.17, 15) is 0 Å². The number of nitrogen functional groups attached to an aromatic ring is 1. The fraction of sp³-hybridized carbons (Fsp3) is 0.235. The van der Waals surface area contributed by atoms with Gasteiger partial charge in [0.2, 0.25) is 0 Å². The number of nitrogens with zero attached hydrogens (tertiary/aromatic N) is 1. The van der Waals surface area contributed by atoms with Crippen LogP contribution in [-0.2, 0) is 12.8 Å². The van der Waals surface area contributed by atoms with Gasteiger partial charge in [0, 0.05) is 5.92 Å². The number of H-pyrrole nitrogens is 1. The number of para-hydroxylation sites is 1. The zero-order valence-electron chi connectivity index (χ0n) is 11.3. The summed E-state index contributed by atoms with van der Waals surface area (Å²) in [4.78, 5) is 8.17. The topological polar surface area (TPSA) is 54.7 Å². The van der Waals surface area contributed by atoms with Crippen molar-refractivity contribution in [1.29, 1.82) is 0 Å². The number of anilines is 1. The molecule has 3 nitrogen and oxygen atoms in total. The van der Waals surface area contributed by atoms with Crippen molar-refractivity contribution in [2.75, 3.05) is 5.73 Å². The normalized spacial score (nSPS) is 18.1. The van der Waals surface area contributed by atoms with E-state index >= 15 is 0 Å². The highest BCUT2D eigenvalue weighted by Gasteiger charge is 2.22. The Bertz CT molecular complexity index is 773. The number of aryl methyl sites for hydroxylation is 1. The van der Waals surface area contributed by atoms with Crippen molar-refractivity contribution in [3.05, 3.63) is 59.4 Å². The lowest BCUT2D eigenvalue weighted by molar-refractivity contribution is 0.561. The van der Waals surface area contributed by atoms with Gasteiger partial charge < -0.3 is 10.7 Å². The van der Waals surface area contributed by atoms with Gasteiger partial charge in [-0.05, 0) is 42.5 Å². The lowest BCUT2D eigenvalue weighted by atomic mass is 9.83. The minimum Gasteiger partial charge on any atom is -0.397 e. The molecule has 0 aliphatic heterocycles. The highest BCUT2D eigenvalue weighted by Crippen LogP contribution is 2.32. The summed E-state index contributed by atoms with van der Waals surface area (Å²) in [5, 5.41) is 0. The summed E-state index contributed by atoms with van der Waals surface area (Å²) in [5.41, 5.74) is 11.6. The molecule has 0 saturated heterocycles. The number of aromatic amines is 1. The van der Waals surface area contributed by atoms with Crippen LogP contribution >= 0.6 is 0 Å². The molecule has 0 bridgehead atoms. The Kier molecular flexibility index (Phi) is 2.52. The van der Waals surface area contributed by atoms with Crippen molar-refractivity contribution in [2.45, 2.75) is 25.2 Å². The number of imidazole rings is 1. The average Bonchev–Trinajstić information content (AvgIpc) is 2.92. The summed E-state index contributed by atoms with van der Waals surface area (Å²) in [6, 6.07) is 14.6. The number of hydrogen-bond donors (Lipinski definition) is 2. The molecule has 100 valence electrons. The molecule has 1 heterocycles. The highest BCUT2D eigenvalue weighted by atomic mass is 14.9. The van der Waals surface area contributed by atoms with Crippen LogP contribution in [0.5, 0.6) is 0 Å². The maximum atomic E-state index is 5.99. The Morgan fingerprint density at radius 3 is 2.75 bits per heavy atom.